The number of para-hydroxylation sites is 1. The third kappa shape index (κ3) is 4.55. The van der Waals surface area contributed by atoms with E-state index in [-0.39, 0.29) is 0 Å². The molecule has 2 aromatic heterocycles. The van der Waals surface area contributed by atoms with Gasteiger partial charge in [-0.25, -0.2) is 0 Å². The molecule has 0 saturated heterocycles. The standard InChI is InChI=1S/C46H29NOS/c1-2-11-31(12-3-1)37-26-27-41(46-45(37)39-17-7-9-20-44(39)49-46)47(34-25-28-43-40(29-34)38-16-6-8-19-42(38)48-43)33-23-21-32(22-24-33)36-18-10-14-30-13-4-5-15-35(30)36/h1-29H. The van der Waals surface area contributed by atoms with Gasteiger partial charge in [0.25, 0.3) is 0 Å². The summed E-state index contributed by atoms with van der Waals surface area (Å²) in [5.74, 6) is 0. The summed E-state index contributed by atoms with van der Waals surface area (Å²) < 4.78 is 8.80. The maximum atomic E-state index is 6.26. The third-order valence-corrected chi connectivity index (χ3v) is 10.9. The van der Waals surface area contributed by atoms with Crippen LogP contribution in [0.4, 0.5) is 17.1 Å². The molecule has 0 N–H and O–H groups in total. The molecule has 0 fully saturated rings. The van der Waals surface area contributed by atoms with E-state index in [1.807, 2.05) is 23.5 Å². The second-order valence-electron chi connectivity index (χ2n) is 12.5. The van der Waals surface area contributed by atoms with Crippen molar-refractivity contribution in [1.29, 1.82) is 0 Å². The zero-order valence-corrected chi connectivity index (χ0v) is 27.3. The van der Waals surface area contributed by atoms with E-state index in [0.29, 0.717) is 0 Å². The van der Waals surface area contributed by atoms with Crippen molar-refractivity contribution in [3.8, 4) is 22.3 Å². The molecule has 0 atom stereocenters. The lowest BCUT2D eigenvalue weighted by atomic mass is 9.97. The number of anilines is 3. The van der Waals surface area contributed by atoms with Crippen molar-refractivity contribution in [3.05, 3.63) is 176 Å². The van der Waals surface area contributed by atoms with Crippen molar-refractivity contribution < 1.29 is 4.42 Å². The van der Waals surface area contributed by atoms with Gasteiger partial charge >= 0.3 is 0 Å². The average Bonchev–Trinajstić information content (AvgIpc) is 3.74. The summed E-state index contributed by atoms with van der Waals surface area (Å²) in [5, 5.41) is 7.31. The Kier molecular flexibility index (Phi) is 6.39. The predicted molar refractivity (Wildman–Crippen MR) is 210 cm³/mol. The Morgan fingerprint density at radius 2 is 1.10 bits per heavy atom. The monoisotopic (exact) mass is 643 g/mol. The summed E-state index contributed by atoms with van der Waals surface area (Å²) >= 11 is 1.86. The summed E-state index contributed by atoms with van der Waals surface area (Å²) in [7, 11) is 0. The lowest BCUT2D eigenvalue weighted by Crippen LogP contribution is -2.10. The Hall–Kier alpha value is -6.16. The lowest BCUT2D eigenvalue weighted by molar-refractivity contribution is 0.669. The van der Waals surface area contributed by atoms with Gasteiger partial charge in [0.15, 0.2) is 0 Å². The number of nitrogens with zero attached hydrogens (tertiary/aromatic N) is 1. The number of benzene rings is 8. The lowest BCUT2D eigenvalue weighted by Gasteiger charge is -2.27. The Labute approximate surface area is 287 Å². The van der Waals surface area contributed by atoms with Gasteiger partial charge in [-0.1, -0.05) is 127 Å². The fourth-order valence-corrected chi connectivity index (χ4v) is 8.63. The highest BCUT2D eigenvalue weighted by Gasteiger charge is 2.22. The summed E-state index contributed by atoms with van der Waals surface area (Å²) in [6.45, 7) is 0. The minimum Gasteiger partial charge on any atom is -0.456 e. The molecule has 0 amide bonds. The smallest absolute Gasteiger partial charge is 0.135 e. The third-order valence-electron chi connectivity index (χ3n) is 9.68. The van der Waals surface area contributed by atoms with Gasteiger partial charge in [-0.05, 0) is 81.6 Å². The van der Waals surface area contributed by atoms with Crippen LogP contribution in [0.15, 0.2) is 180 Å². The Morgan fingerprint density at radius 1 is 0.429 bits per heavy atom. The van der Waals surface area contributed by atoms with Crippen LogP contribution in [0, 0.1) is 0 Å². The molecular formula is C46H29NOS. The fourth-order valence-electron chi connectivity index (χ4n) is 7.40. The first-order chi connectivity index (χ1) is 24.3. The molecule has 0 saturated carbocycles. The summed E-state index contributed by atoms with van der Waals surface area (Å²) in [6, 6.07) is 63.2. The van der Waals surface area contributed by atoms with E-state index in [9.17, 15) is 0 Å². The molecule has 230 valence electrons. The van der Waals surface area contributed by atoms with Gasteiger partial charge in [-0.15, -0.1) is 11.3 Å². The quantitative estimate of drug-likeness (QED) is 0.186. The van der Waals surface area contributed by atoms with Crippen LogP contribution in [0.3, 0.4) is 0 Å². The first-order valence-electron chi connectivity index (χ1n) is 16.6. The van der Waals surface area contributed by atoms with Crippen LogP contribution in [0.2, 0.25) is 0 Å². The molecule has 2 nitrogen and oxygen atoms in total. The van der Waals surface area contributed by atoms with E-state index in [1.165, 1.54) is 53.2 Å². The van der Waals surface area contributed by atoms with Crippen molar-refractivity contribution >= 4 is 81.3 Å². The van der Waals surface area contributed by atoms with Crippen LogP contribution in [0.5, 0.6) is 0 Å². The van der Waals surface area contributed by atoms with Crippen molar-refractivity contribution in [2.75, 3.05) is 4.90 Å². The minimum absolute atomic E-state index is 0.891. The van der Waals surface area contributed by atoms with Crippen LogP contribution in [-0.4, -0.2) is 0 Å². The molecule has 8 aromatic carbocycles. The molecule has 10 aromatic rings. The van der Waals surface area contributed by atoms with Crippen LogP contribution in [0.25, 0.3) is 75.1 Å². The molecule has 0 unspecified atom stereocenters. The summed E-state index contributed by atoms with van der Waals surface area (Å²) in [5.41, 5.74) is 10.0. The number of fused-ring (bicyclic) bond motifs is 7. The van der Waals surface area contributed by atoms with Gasteiger partial charge in [0.05, 0.1) is 10.4 Å². The molecule has 0 radical (unpaired) electrons. The number of hydrogen-bond donors (Lipinski definition) is 0. The normalized spacial score (nSPS) is 11.7. The Balaban J connectivity index is 1.22. The van der Waals surface area contributed by atoms with Crippen LogP contribution in [0.1, 0.15) is 0 Å². The highest BCUT2D eigenvalue weighted by molar-refractivity contribution is 7.26. The second-order valence-corrected chi connectivity index (χ2v) is 13.5. The van der Waals surface area contributed by atoms with Crippen molar-refractivity contribution in [2.24, 2.45) is 0 Å². The number of rotatable bonds is 5. The van der Waals surface area contributed by atoms with Crippen LogP contribution < -0.4 is 4.90 Å². The largest absolute Gasteiger partial charge is 0.456 e. The zero-order chi connectivity index (χ0) is 32.3. The average molecular weight is 644 g/mol. The highest BCUT2D eigenvalue weighted by Crippen LogP contribution is 2.49. The zero-order valence-electron chi connectivity index (χ0n) is 26.5. The van der Waals surface area contributed by atoms with Crippen molar-refractivity contribution in [1.82, 2.24) is 0 Å². The molecule has 49 heavy (non-hydrogen) atoms. The van der Waals surface area contributed by atoms with E-state index in [2.05, 4.69) is 169 Å². The second kappa shape index (κ2) is 11.2. The van der Waals surface area contributed by atoms with Gasteiger partial charge in [-0.3, -0.25) is 0 Å². The number of thiophene rings is 1. The topological polar surface area (TPSA) is 16.4 Å². The van der Waals surface area contributed by atoms with Gasteiger partial charge in [-0.2, -0.15) is 0 Å². The maximum absolute atomic E-state index is 6.26. The maximum Gasteiger partial charge on any atom is 0.135 e. The SMILES string of the molecule is c1ccc(-c2ccc(N(c3ccc(-c4cccc5ccccc45)cc3)c3ccc4oc5ccccc5c4c3)c3sc4ccccc4c23)cc1. The van der Waals surface area contributed by atoms with Crippen molar-refractivity contribution in [3.63, 3.8) is 0 Å². The van der Waals surface area contributed by atoms with E-state index >= 15 is 0 Å². The molecule has 10 rings (SSSR count). The molecule has 3 heteroatoms. The minimum atomic E-state index is 0.891. The molecule has 0 bridgehead atoms. The van der Waals surface area contributed by atoms with Gasteiger partial charge in [0, 0.05) is 37.6 Å². The molecule has 0 aliphatic heterocycles. The van der Waals surface area contributed by atoms with E-state index < -0.39 is 0 Å². The molecular weight excluding hydrogens is 615 g/mol. The van der Waals surface area contributed by atoms with Crippen molar-refractivity contribution in [2.45, 2.75) is 0 Å². The Morgan fingerprint density at radius 3 is 1.98 bits per heavy atom. The molecule has 2 heterocycles. The van der Waals surface area contributed by atoms with Gasteiger partial charge in [0.2, 0.25) is 0 Å². The van der Waals surface area contributed by atoms with Crippen LogP contribution >= 0.6 is 11.3 Å². The van der Waals surface area contributed by atoms with E-state index in [1.54, 1.807) is 0 Å². The van der Waals surface area contributed by atoms with Gasteiger partial charge < -0.3 is 9.32 Å². The van der Waals surface area contributed by atoms with Gasteiger partial charge in [0.1, 0.15) is 11.2 Å². The summed E-state index contributed by atoms with van der Waals surface area (Å²) in [6.07, 6.45) is 0. The fraction of sp³-hybridized carbons (Fsp3) is 0. The van der Waals surface area contributed by atoms with E-state index in [4.69, 9.17) is 4.42 Å². The highest BCUT2D eigenvalue weighted by atomic mass is 32.1. The molecule has 0 aliphatic carbocycles. The van der Waals surface area contributed by atoms with Crippen LogP contribution in [-0.2, 0) is 0 Å². The first-order valence-corrected chi connectivity index (χ1v) is 17.4. The Bertz CT molecular complexity index is 2820. The molecule has 0 aliphatic rings. The number of furan rings is 1. The predicted octanol–water partition coefficient (Wildman–Crippen LogP) is 13.9. The van der Waals surface area contributed by atoms with E-state index in [0.717, 1.165) is 39.0 Å². The summed E-state index contributed by atoms with van der Waals surface area (Å²) in [4.78, 5) is 2.42. The molecule has 0 spiro atoms. The first kappa shape index (κ1) is 27.9. The number of hydrogen-bond acceptors (Lipinski definition) is 3.